The summed E-state index contributed by atoms with van der Waals surface area (Å²) in [6.45, 7) is 3.46. The van der Waals surface area contributed by atoms with Crippen LogP contribution >= 0.6 is 0 Å². The fraction of sp³-hybridized carbons (Fsp3) is 0.818. The summed E-state index contributed by atoms with van der Waals surface area (Å²) >= 11 is 0. The van der Waals surface area contributed by atoms with Crippen LogP contribution in [0.5, 0.6) is 0 Å². The van der Waals surface area contributed by atoms with Gasteiger partial charge in [0.2, 0.25) is 5.91 Å². The van der Waals surface area contributed by atoms with E-state index in [4.69, 9.17) is 5.26 Å². The molecule has 0 heterocycles. The van der Waals surface area contributed by atoms with E-state index >= 15 is 0 Å². The molecule has 0 fully saturated rings. The van der Waals surface area contributed by atoms with Gasteiger partial charge in [-0.15, -0.1) is 0 Å². The number of carbonyl (C=O) groups excluding carboxylic acids is 1. The van der Waals surface area contributed by atoms with Crippen LogP contribution in [0.25, 0.3) is 0 Å². The number of nitrogens with one attached hydrogen (secondary N) is 2. The van der Waals surface area contributed by atoms with E-state index in [1.807, 2.05) is 5.32 Å². The monoisotopic (exact) mass is 329 g/mol. The molecule has 10 heteroatoms. The Hall–Kier alpha value is -1.34. The summed E-state index contributed by atoms with van der Waals surface area (Å²) in [6.07, 6.45) is -3.82. The first-order valence-corrected chi connectivity index (χ1v) is 7.98. The lowest BCUT2D eigenvalue weighted by Gasteiger charge is -2.26. The van der Waals surface area contributed by atoms with Gasteiger partial charge in [-0.25, -0.2) is 8.42 Å². The molecule has 6 nitrogen and oxygen atoms in total. The third-order valence-corrected chi connectivity index (χ3v) is 3.38. The SMILES string of the molecule is CC(NC(CS(C)(=O)=O)C(=O)NC(C)(C)C#N)C(F)(F)F. The van der Waals surface area contributed by atoms with Crippen LogP contribution in [0.2, 0.25) is 0 Å². The highest BCUT2D eigenvalue weighted by Crippen LogP contribution is 2.20. The Morgan fingerprint density at radius 2 is 1.81 bits per heavy atom. The van der Waals surface area contributed by atoms with E-state index in [1.54, 1.807) is 6.07 Å². The number of sulfone groups is 1. The van der Waals surface area contributed by atoms with E-state index in [2.05, 4.69) is 5.32 Å². The van der Waals surface area contributed by atoms with E-state index in [1.165, 1.54) is 13.8 Å². The molecule has 0 aliphatic rings. The average molecular weight is 329 g/mol. The standard InChI is InChI=1S/C11H18F3N3O3S/c1-7(11(12,13)14)16-8(5-21(4,19)20)9(18)17-10(2,3)6-15/h7-8,16H,5H2,1-4H3,(H,17,18). The van der Waals surface area contributed by atoms with Crippen molar-refractivity contribution in [1.29, 1.82) is 5.26 Å². The predicted octanol–water partition coefficient (Wildman–Crippen LogP) is 0.358. The highest BCUT2D eigenvalue weighted by molar-refractivity contribution is 7.90. The molecule has 21 heavy (non-hydrogen) atoms. The number of rotatable bonds is 6. The van der Waals surface area contributed by atoms with E-state index in [0.717, 1.165) is 13.2 Å². The van der Waals surface area contributed by atoms with Crippen molar-refractivity contribution in [2.24, 2.45) is 0 Å². The number of alkyl halides is 3. The van der Waals surface area contributed by atoms with Crippen LogP contribution in [0.1, 0.15) is 20.8 Å². The first kappa shape index (κ1) is 19.7. The molecule has 0 aromatic carbocycles. The highest BCUT2D eigenvalue weighted by atomic mass is 32.2. The smallest absolute Gasteiger partial charge is 0.337 e. The Kier molecular flexibility index (Phi) is 6.19. The van der Waals surface area contributed by atoms with Crippen molar-refractivity contribution in [1.82, 2.24) is 10.6 Å². The van der Waals surface area contributed by atoms with Gasteiger partial charge in [-0.05, 0) is 20.8 Å². The van der Waals surface area contributed by atoms with Crippen molar-refractivity contribution in [3.05, 3.63) is 0 Å². The van der Waals surface area contributed by atoms with Gasteiger partial charge in [0.25, 0.3) is 0 Å². The Bertz CT molecular complexity index is 523. The summed E-state index contributed by atoms with van der Waals surface area (Å²) < 4.78 is 60.0. The first-order valence-electron chi connectivity index (χ1n) is 5.92. The van der Waals surface area contributed by atoms with Crippen molar-refractivity contribution in [2.75, 3.05) is 12.0 Å². The summed E-state index contributed by atoms with van der Waals surface area (Å²) in [5, 5.41) is 12.9. The first-order chi connectivity index (χ1) is 9.18. The van der Waals surface area contributed by atoms with Crippen LogP contribution in [0, 0.1) is 11.3 Å². The van der Waals surface area contributed by atoms with E-state index in [-0.39, 0.29) is 0 Å². The van der Waals surface area contributed by atoms with Gasteiger partial charge in [-0.3, -0.25) is 10.1 Å². The van der Waals surface area contributed by atoms with Crippen LogP contribution in [0.3, 0.4) is 0 Å². The van der Waals surface area contributed by atoms with Gasteiger partial charge in [0, 0.05) is 6.26 Å². The summed E-state index contributed by atoms with van der Waals surface area (Å²) in [4.78, 5) is 11.9. The Balaban J connectivity index is 5.17. The van der Waals surface area contributed by atoms with Crippen molar-refractivity contribution in [2.45, 2.75) is 44.6 Å². The van der Waals surface area contributed by atoms with Crippen molar-refractivity contribution < 1.29 is 26.4 Å². The largest absolute Gasteiger partial charge is 0.403 e. The van der Waals surface area contributed by atoms with Crippen molar-refractivity contribution >= 4 is 15.7 Å². The number of amides is 1. The van der Waals surface area contributed by atoms with Crippen LogP contribution in [-0.4, -0.2) is 50.1 Å². The van der Waals surface area contributed by atoms with E-state index in [9.17, 15) is 26.4 Å². The molecular formula is C11H18F3N3O3S. The third kappa shape index (κ3) is 7.87. The van der Waals surface area contributed by atoms with E-state index in [0.29, 0.717) is 0 Å². The molecule has 0 aromatic rings. The molecule has 0 saturated carbocycles. The molecule has 0 spiro atoms. The molecule has 0 bridgehead atoms. The maximum Gasteiger partial charge on any atom is 0.403 e. The maximum atomic E-state index is 12.5. The molecule has 0 aliphatic carbocycles. The predicted molar refractivity (Wildman–Crippen MR) is 70.0 cm³/mol. The highest BCUT2D eigenvalue weighted by Gasteiger charge is 2.39. The minimum Gasteiger partial charge on any atom is -0.337 e. The van der Waals surface area contributed by atoms with Gasteiger partial charge in [-0.2, -0.15) is 18.4 Å². The Morgan fingerprint density at radius 3 is 2.14 bits per heavy atom. The second-order valence-electron chi connectivity index (χ2n) is 5.30. The van der Waals surface area contributed by atoms with Gasteiger partial charge in [0.05, 0.1) is 11.8 Å². The zero-order valence-corrected chi connectivity index (χ0v) is 12.9. The van der Waals surface area contributed by atoms with Gasteiger partial charge in [0.1, 0.15) is 27.5 Å². The molecule has 0 radical (unpaired) electrons. The van der Waals surface area contributed by atoms with E-state index < -0.39 is 45.3 Å². The molecule has 0 rings (SSSR count). The van der Waals surface area contributed by atoms with Crippen molar-refractivity contribution in [3.63, 3.8) is 0 Å². The number of carbonyl (C=O) groups is 1. The third-order valence-electron chi connectivity index (χ3n) is 2.44. The molecule has 122 valence electrons. The van der Waals surface area contributed by atoms with Crippen LogP contribution in [0.15, 0.2) is 0 Å². The molecule has 2 atom stereocenters. The lowest BCUT2D eigenvalue weighted by molar-refractivity contribution is -0.154. The maximum absolute atomic E-state index is 12.5. The normalized spacial score (nSPS) is 15.9. The molecule has 2 N–H and O–H groups in total. The second-order valence-corrected chi connectivity index (χ2v) is 7.49. The Morgan fingerprint density at radius 1 is 1.33 bits per heavy atom. The topological polar surface area (TPSA) is 99.1 Å². The lowest BCUT2D eigenvalue weighted by atomic mass is 10.1. The van der Waals surface area contributed by atoms with Crippen LogP contribution in [-0.2, 0) is 14.6 Å². The van der Waals surface area contributed by atoms with Gasteiger partial charge in [0.15, 0.2) is 0 Å². The minimum atomic E-state index is -4.62. The number of halogens is 3. The zero-order valence-electron chi connectivity index (χ0n) is 12.1. The summed E-state index contributed by atoms with van der Waals surface area (Å²) in [6, 6.07) is -1.93. The van der Waals surface area contributed by atoms with Crippen LogP contribution in [0.4, 0.5) is 13.2 Å². The fourth-order valence-electron chi connectivity index (χ4n) is 1.32. The molecular weight excluding hydrogens is 311 g/mol. The number of hydrogen-bond donors (Lipinski definition) is 2. The molecule has 0 aliphatic heterocycles. The van der Waals surface area contributed by atoms with Gasteiger partial charge in [-0.1, -0.05) is 0 Å². The average Bonchev–Trinajstić information content (AvgIpc) is 2.24. The van der Waals surface area contributed by atoms with Gasteiger partial charge < -0.3 is 5.32 Å². The van der Waals surface area contributed by atoms with Crippen LogP contribution < -0.4 is 10.6 Å². The number of nitriles is 1. The molecule has 0 saturated heterocycles. The Labute approximate surface area is 121 Å². The lowest BCUT2D eigenvalue weighted by Crippen LogP contribution is -2.57. The number of hydrogen-bond acceptors (Lipinski definition) is 5. The molecule has 2 unspecified atom stereocenters. The zero-order chi connectivity index (χ0) is 17.1. The van der Waals surface area contributed by atoms with Crippen molar-refractivity contribution in [3.8, 4) is 6.07 Å². The fourth-order valence-corrected chi connectivity index (χ4v) is 2.17. The summed E-state index contributed by atoms with van der Waals surface area (Å²) in [5.74, 6) is -1.79. The minimum absolute atomic E-state index is 0.776. The second kappa shape index (κ2) is 6.62. The molecule has 1 amide bonds. The summed E-state index contributed by atoms with van der Waals surface area (Å²) in [7, 11) is -3.70. The summed E-state index contributed by atoms with van der Waals surface area (Å²) in [5.41, 5.74) is -1.32. The van der Waals surface area contributed by atoms with Gasteiger partial charge >= 0.3 is 6.18 Å². The number of nitrogens with zero attached hydrogens (tertiary/aromatic N) is 1. The molecule has 0 aromatic heterocycles. The quantitative estimate of drug-likeness (QED) is 0.733.